The van der Waals surface area contributed by atoms with Crippen LogP contribution in [-0.4, -0.2) is 26.9 Å². The van der Waals surface area contributed by atoms with Gasteiger partial charge in [-0.3, -0.25) is 14.2 Å². The van der Waals surface area contributed by atoms with Gasteiger partial charge in [-0.15, -0.1) is 0 Å². The first-order valence-corrected chi connectivity index (χ1v) is 11.7. The third-order valence-electron chi connectivity index (χ3n) is 5.78. The van der Waals surface area contributed by atoms with Gasteiger partial charge < -0.3 is 4.90 Å². The van der Waals surface area contributed by atoms with Crippen LogP contribution in [0, 0.1) is 12.8 Å². The Labute approximate surface area is 191 Å². The lowest BCUT2D eigenvalue weighted by Crippen LogP contribution is -2.39. The number of para-hydroxylation sites is 1. The molecule has 0 aliphatic heterocycles. The molecule has 3 rings (SSSR count). The quantitative estimate of drug-likeness (QED) is 0.400. The molecule has 0 aliphatic carbocycles. The van der Waals surface area contributed by atoms with Crippen LogP contribution in [0.3, 0.4) is 0 Å². The number of unbranched alkanes of at least 4 members (excludes halogenated alkanes) is 2. The molecule has 5 heteroatoms. The van der Waals surface area contributed by atoms with E-state index in [1.807, 2.05) is 67.3 Å². The van der Waals surface area contributed by atoms with Crippen LogP contribution < -0.4 is 5.56 Å². The van der Waals surface area contributed by atoms with Gasteiger partial charge in [0.25, 0.3) is 5.56 Å². The number of hydrogen-bond acceptors (Lipinski definition) is 3. The lowest BCUT2D eigenvalue weighted by molar-refractivity contribution is -0.134. The molecule has 1 amide bonds. The molecule has 0 aliphatic rings. The summed E-state index contributed by atoms with van der Waals surface area (Å²) < 4.78 is 1.69. The van der Waals surface area contributed by atoms with Crippen LogP contribution in [0.1, 0.15) is 70.8 Å². The Morgan fingerprint density at radius 2 is 1.81 bits per heavy atom. The van der Waals surface area contributed by atoms with Gasteiger partial charge in [0.1, 0.15) is 5.82 Å². The molecular formula is C27H35N3O2. The van der Waals surface area contributed by atoms with Crippen LogP contribution in [0.25, 0.3) is 16.6 Å². The normalized spacial score (nSPS) is 12.3. The molecule has 170 valence electrons. The molecule has 3 aromatic rings. The standard InChI is InChI=1S/C27H35N3O2/c1-6-7-8-16-25(31)29(18-19(2)3)21(5)26-28-24-15-10-9-14-23(24)27(32)30(26)22-13-11-12-20(4)17-22/h9-15,17,19,21H,6-8,16,18H2,1-5H3/t21-/m1/s1. The van der Waals surface area contributed by atoms with Crippen molar-refractivity contribution in [1.82, 2.24) is 14.5 Å². The molecule has 1 aromatic heterocycles. The van der Waals surface area contributed by atoms with Gasteiger partial charge in [-0.1, -0.05) is 57.9 Å². The summed E-state index contributed by atoms with van der Waals surface area (Å²) in [5.74, 6) is 1.04. The Morgan fingerprint density at radius 1 is 1.06 bits per heavy atom. The molecule has 32 heavy (non-hydrogen) atoms. The summed E-state index contributed by atoms with van der Waals surface area (Å²) >= 11 is 0. The number of rotatable bonds is 9. The van der Waals surface area contributed by atoms with Gasteiger partial charge in [0, 0.05) is 13.0 Å². The fourth-order valence-electron chi connectivity index (χ4n) is 4.13. The van der Waals surface area contributed by atoms with E-state index in [-0.39, 0.29) is 17.5 Å². The Bertz CT molecular complexity index is 1130. The SMILES string of the molecule is CCCCCC(=O)N(CC(C)C)[C@H](C)c1nc2ccccc2c(=O)n1-c1cccc(C)c1. The van der Waals surface area contributed by atoms with Crippen molar-refractivity contribution in [2.45, 2.75) is 66.3 Å². The molecule has 0 saturated heterocycles. The zero-order valence-corrected chi connectivity index (χ0v) is 20.0. The largest absolute Gasteiger partial charge is 0.333 e. The maximum absolute atomic E-state index is 13.6. The lowest BCUT2D eigenvalue weighted by atomic mass is 10.1. The monoisotopic (exact) mass is 433 g/mol. The predicted octanol–water partition coefficient (Wildman–Crippen LogP) is 5.82. The molecule has 1 atom stereocenters. The van der Waals surface area contributed by atoms with Gasteiger partial charge in [0.15, 0.2) is 0 Å². The molecular weight excluding hydrogens is 398 g/mol. The molecule has 0 fully saturated rings. The summed E-state index contributed by atoms with van der Waals surface area (Å²) in [4.78, 5) is 33.7. The fourth-order valence-corrected chi connectivity index (χ4v) is 4.13. The summed E-state index contributed by atoms with van der Waals surface area (Å²) in [5, 5.41) is 0.578. The summed E-state index contributed by atoms with van der Waals surface area (Å²) in [7, 11) is 0. The van der Waals surface area contributed by atoms with Crippen LogP contribution >= 0.6 is 0 Å². The van der Waals surface area contributed by atoms with E-state index in [0.717, 1.165) is 30.5 Å². The zero-order valence-electron chi connectivity index (χ0n) is 20.0. The molecule has 5 nitrogen and oxygen atoms in total. The van der Waals surface area contributed by atoms with Crippen LogP contribution in [0.4, 0.5) is 0 Å². The Kier molecular flexibility index (Phi) is 7.84. The average molecular weight is 434 g/mol. The highest BCUT2D eigenvalue weighted by Crippen LogP contribution is 2.25. The topological polar surface area (TPSA) is 55.2 Å². The number of hydrogen-bond donors (Lipinski definition) is 0. The summed E-state index contributed by atoms with van der Waals surface area (Å²) in [6.07, 6.45) is 3.52. The minimum atomic E-state index is -0.329. The number of carbonyl (C=O) groups is 1. The first kappa shape index (κ1) is 23.7. The summed E-state index contributed by atoms with van der Waals surface area (Å²) in [6, 6.07) is 15.0. The number of benzene rings is 2. The van der Waals surface area contributed by atoms with Crippen molar-refractivity contribution in [3.8, 4) is 5.69 Å². The number of fused-ring (bicyclic) bond motifs is 1. The smallest absolute Gasteiger partial charge is 0.266 e. The molecule has 0 N–H and O–H groups in total. The van der Waals surface area contributed by atoms with Gasteiger partial charge in [-0.25, -0.2) is 4.98 Å². The van der Waals surface area contributed by atoms with Gasteiger partial charge in [0.05, 0.1) is 22.6 Å². The minimum Gasteiger partial charge on any atom is -0.333 e. The van der Waals surface area contributed by atoms with Crippen molar-refractivity contribution in [3.63, 3.8) is 0 Å². The number of aromatic nitrogens is 2. The first-order valence-electron chi connectivity index (χ1n) is 11.7. The van der Waals surface area contributed by atoms with Gasteiger partial charge >= 0.3 is 0 Å². The van der Waals surface area contributed by atoms with Crippen molar-refractivity contribution in [2.24, 2.45) is 5.92 Å². The molecule has 0 saturated carbocycles. The van der Waals surface area contributed by atoms with E-state index in [1.54, 1.807) is 4.57 Å². The Balaban J connectivity index is 2.16. The minimum absolute atomic E-state index is 0.106. The summed E-state index contributed by atoms with van der Waals surface area (Å²) in [6.45, 7) is 11.0. The van der Waals surface area contributed by atoms with Crippen molar-refractivity contribution in [3.05, 3.63) is 70.3 Å². The Morgan fingerprint density at radius 3 is 2.50 bits per heavy atom. The molecule has 0 spiro atoms. The highest BCUT2D eigenvalue weighted by atomic mass is 16.2. The van der Waals surface area contributed by atoms with E-state index >= 15 is 0 Å². The molecule has 0 unspecified atom stereocenters. The van der Waals surface area contributed by atoms with E-state index < -0.39 is 0 Å². The second-order valence-electron chi connectivity index (χ2n) is 9.04. The number of amides is 1. The van der Waals surface area contributed by atoms with Crippen LogP contribution in [-0.2, 0) is 4.79 Å². The third-order valence-corrected chi connectivity index (χ3v) is 5.78. The summed E-state index contributed by atoms with van der Waals surface area (Å²) in [5.41, 5.74) is 2.39. The lowest BCUT2D eigenvalue weighted by Gasteiger charge is -2.32. The predicted molar refractivity (Wildman–Crippen MR) is 131 cm³/mol. The second kappa shape index (κ2) is 10.6. The van der Waals surface area contributed by atoms with Gasteiger partial charge in [-0.05, 0) is 56.0 Å². The Hall–Kier alpha value is -2.95. The van der Waals surface area contributed by atoms with E-state index in [9.17, 15) is 9.59 Å². The maximum Gasteiger partial charge on any atom is 0.266 e. The number of aryl methyl sites for hydroxylation is 1. The zero-order chi connectivity index (χ0) is 23.3. The van der Waals surface area contributed by atoms with Crippen LogP contribution in [0.2, 0.25) is 0 Å². The average Bonchev–Trinajstić information content (AvgIpc) is 2.77. The van der Waals surface area contributed by atoms with Crippen molar-refractivity contribution in [2.75, 3.05) is 6.54 Å². The van der Waals surface area contributed by atoms with E-state index in [1.165, 1.54) is 0 Å². The van der Waals surface area contributed by atoms with Crippen LogP contribution in [0.15, 0.2) is 53.3 Å². The van der Waals surface area contributed by atoms with E-state index in [2.05, 4.69) is 20.8 Å². The highest BCUT2D eigenvalue weighted by molar-refractivity contribution is 5.79. The van der Waals surface area contributed by atoms with Gasteiger partial charge in [-0.2, -0.15) is 0 Å². The first-order chi connectivity index (χ1) is 15.3. The van der Waals surface area contributed by atoms with Crippen LogP contribution in [0.5, 0.6) is 0 Å². The third kappa shape index (κ3) is 5.26. The van der Waals surface area contributed by atoms with Crippen molar-refractivity contribution in [1.29, 1.82) is 0 Å². The van der Waals surface area contributed by atoms with E-state index in [0.29, 0.717) is 35.6 Å². The maximum atomic E-state index is 13.6. The second-order valence-corrected chi connectivity index (χ2v) is 9.04. The molecule has 2 aromatic carbocycles. The van der Waals surface area contributed by atoms with Crippen molar-refractivity contribution >= 4 is 16.8 Å². The van der Waals surface area contributed by atoms with E-state index in [4.69, 9.17) is 4.98 Å². The molecule has 1 heterocycles. The fraction of sp³-hybridized carbons (Fsp3) is 0.444. The number of nitrogens with zero attached hydrogens (tertiary/aromatic N) is 3. The van der Waals surface area contributed by atoms with Gasteiger partial charge in [0.2, 0.25) is 5.91 Å². The van der Waals surface area contributed by atoms with Crippen molar-refractivity contribution < 1.29 is 4.79 Å². The number of carbonyl (C=O) groups excluding carboxylic acids is 1. The highest BCUT2D eigenvalue weighted by Gasteiger charge is 2.27. The molecule has 0 bridgehead atoms. The molecule has 0 radical (unpaired) electrons.